The van der Waals surface area contributed by atoms with Crippen molar-refractivity contribution >= 4 is 23.2 Å². The van der Waals surface area contributed by atoms with E-state index in [1.165, 1.54) is 19.3 Å². The van der Waals surface area contributed by atoms with Crippen molar-refractivity contribution in [1.29, 1.82) is 0 Å². The second-order valence-electron chi connectivity index (χ2n) is 3.90. The molecule has 1 rings (SSSR count). The van der Waals surface area contributed by atoms with Crippen molar-refractivity contribution in [3.8, 4) is 0 Å². The van der Waals surface area contributed by atoms with Crippen LogP contribution in [-0.4, -0.2) is 13.1 Å². The Bertz CT molecular complexity index is 313. The molecule has 1 N–H and O–H groups in total. The van der Waals surface area contributed by atoms with E-state index in [2.05, 4.69) is 12.2 Å². The van der Waals surface area contributed by atoms with Crippen LogP contribution < -0.4 is 5.32 Å². The van der Waals surface area contributed by atoms with Gasteiger partial charge >= 0.3 is 0 Å². The Hall–Kier alpha value is -0.240. The van der Waals surface area contributed by atoms with Gasteiger partial charge in [-0.15, -0.1) is 0 Å². The Morgan fingerprint density at radius 1 is 1.12 bits per heavy atom. The number of hydrogen-bond donors (Lipinski definition) is 1. The largest absolute Gasteiger partial charge is 0.317 e. The summed E-state index contributed by atoms with van der Waals surface area (Å²) in [5.41, 5.74) is 1.16. The lowest BCUT2D eigenvalue weighted by molar-refractivity contribution is 0.617. The van der Waals surface area contributed by atoms with Crippen LogP contribution in [0.4, 0.5) is 0 Å². The van der Waals surface area contributed by atoms with Crippen molar-refractivity contribution in [3.05, 3.63) is 33.8 Å². The Morgan fingerprint density at radius 3 is 2.69 bits per heavy atom. The van der Waals surface area contributed by atoms with Gasteiger partial charge in [-0.05, 0) is 56.1 Å². The number of aryl methyl sites for hydroxylation is 1. The number of unbranched alkanes of at least 4 members (excludes halogenated alkanes) is 2. The Kier molecular flexibility index (Phi) is 6.86. The van der Waals surface area contributed by atoms with Crippen LogP contribution in [0.5, 0.6) is 0 Å². The number of hydrogen-bond acceptors (Lipinski definition) is 1. The lowest BCUT2D eigenvalue weighted by Crippen LogP contribution is -2.13. The van der Waals surface area contributed by atoms with Gasteiger partial charge in [-0.25, -0.2) is 0 Å². The van der Waals surface area contributed by atoms with Gasteiger partial charge < -0.3 is 5.32 Å². The highest BCUT2D eigenvalue weighted by atomic mass is 35.5. The minimum absolute atomic E-state index is 0.770. The molecule has 3 heteroatoms. The summed E-state index contributed by atoms with van der Waals surface area (Å²) in [6.45, 7) is 4.30. The second-order valence-corrected chi connectivity index (χ2v) is 4.74. The summed E-state index contributed by atoms with van der Waals surface area (Å²) in [5, 5.41) is 4.92. The van der Waals surface area contributed by atoms with Crippen LogP contribution in [-0.2, 0) is 6.42 Å². The lowest BCUT2D eigenvalue weighted by Gasteiger charge is -2.05. The van der Waals surface area contributed by atoms with Gasteiger partial charge in [0.2, 0.25) is 0 Å². The third-order valence-corrected chi connectivity index (χ3v) is 3.16. The van der Waals surface area contributed by atoms with Crippen LogP contribution in [0.15, 0.2) is 18.2 Å². The molecule has 0 saturated carbocycles. The first-order chi connectivity index (χ1) is 7.74. The molecule has 0 fully saturated rings. The first-order valence-electron chi connectivity index (χ1n) is 5.88. The van der Waals surface area contributed by atoms with Crippen LogP contribution in [0.2, 0.25) is 10.0 Å². The first kappa shape index (κ1) is 13.8. The quantitative estimate of drug-likeness (QED) is 0.720. The summed E-state index contributed by atoms with van der Waals surface area (Å²) in [6.07, 6.45) is 4.65. The molecule has 0 radical (unpaired) electrons. The third-order valence-electron chi connectivity index (χ3n) is 2.56. The molecular weight excluding hydrogens is 241 g/mol. The molecule has 1 aromatic rings. The highest BCUT2D eigenvalue weighted by Crippen LogP contribution is 2.22. The lowest BCUT2D eigenvalue weighted by atomic mass is 10.1. The zero-order valence-electron chi connectivity index (χ0n) is 9.73. The molecular formula is C13H19Cl2N. The van der Waals surface area contributed by atoms with E-state index < -0.39 is 0 Å². The average Bonchev–Trinajstić information content (AvgIpc) is 2.28. The Balaban J connectivity index is 2.23. The predicted octanol–water partition coefficient (Wildman–Crippen LogP) is 4.32. The van der Waals surface area contributed by atoms with E-state index in [0.717, 1.165) is 35.1 Å². The van der Waals surface area contributed by atoms with Gasteiger partial charge in [0.05, 0.1) is 0 Å². The van der Waals surface area contributed by atoms with Crippen LogP contribution in [0, 0.1) is 0 Å². The Morgan fingerprint density at radius 2 is 1.94 bits per heavy atom. The molecule has 0 spiro atoms. The van der Waals surface area contributed by atoms with Gasteiger partial charge in [-0.2, -0.15) is 0 Å². The fourth-order valence-electron chi connectivity index (χ4n) is 1.65. The van der Waals surface area contributed by atoms with Crippen LogP contribution in [0.1, 0.15) is 31.7 Å². The van der Waals surface area contributed by atoms with E-state index in [-0.39, 0.29) is 0 Å². The van der Waals surface area contributed by atoms with Crippen molar-refractivity contribution in [2.24, 2.45) is 0 Å². The number of rotatable bonds is 7. The molecule has 1 nitrogen and oxygen atoms in total. The van der Waals surface area contributed by atoms with Crippen LogP contribution in [0.3, 0.4) is 0 Å². The van der Waals surface area contributed by atoms with Gasteiger partial charge in [0.15, 0.2) is 0 Å². The Labute approximate surface area is 108 Å². The van der Waals surface area contributed by atoms with Crippen molar-refractivity contribution in [2.75, 3.05) is 13.1 Å². The van der Waals surface area contributed by atoms with Gasteiger partial charge in [0, 0.05) is 10.0 Å². The van der Waals surface area contributed by atoms with Crippen molar-refractivity contribution in [1.82, 2.24) is 5.32 Å². The maximum atomic E-state index is 6.09. The van der Waals surface area contributed by atoms with E-state index in [1.54, 1.807) is 0 Å². The monoisotopic (exact) mass is 259 g/mol. The molecule has 0 amide bonds. The SMILES string of the molecule is CCNCCCCCc1cc(Cl)ccc1Cl. The smallest absolute Gasteiger partial charge is 0.0439 e. The fourth-order valence-corrected chi connectivity index (χ4v) is 2.06. The maximum absolute atomic E-state index is 6.09. The zero-order valence-corrected chi connectivity index (χ0v) is 11.2. The fraction of sp³-hybridized carbons (Fsp3) is 0.538. The van der Waals surface area contributed by atoms with Crippen molar-refractivity contribution in [3.63, 3.8) is 0 Å². The maximum Gasteiger partial charge on any atom is 0.0439 e. The topological polar surface area (TPSA) is 12.0 Å². The van der Waals surface area contributed by atoms with E-state index >= 15 is 0 Å². The molecule has 0 aliphatic rings. The zero-order chi connectivity index (χ0) is 11.8. The molecule has 0 atom stereocenters. The molecule has 16 heavy (non-hydrogen) atoms. The normalized spacial score (nSPS) is 10.7. The standard InChI is InChI=1S/C13H19Cl2N/c1-2-16-9-5-3-4-6-11-10-12(14)7-8-13(11)15/h7-8,10,16H,2-6,9H2,1H3. The van der Waals surface area contributed by atoms with Crippen LogP contribution >= 0.6 is 23.2 Å². The summed E-state index contributed by atoms with van der Waals surface area (Å²) in [6, 6.07) is 5.67. The minimum atomic E-state index is 0.770. The van der Waals surface area contributed by atoms with Crippen LogP contribution in [0.25, 0.3) is 0 Å². The van der Waals surface area contributed by atoms with Crippen molar-refractivity contribution in [2.45, 2.75) is 32.6 Å². The van der Waals surface area contributed by atoms with Gasteiger partial charge in [-0.3, -0.25) is 0 Å². The number of halogens is 2. The highest BCUT2D eigenvalue weighted by Gasteiger charge is 2.01. The summed E-state index contributed by atoms with van der Waals surface area (Å²) < 4.78 is 0. The molecule has 0 aromatic heterocycles. The summed E-state index contributed by atoms with van der Waals surface area (Å²) in [7, 11) is 0. The summed E-state index contributed by atoms with van der Waals surface area (Å²) in [5.74, 6) is 0. The van der Waals surface area contributed by atoms with Gasteiger partial charge in [0.1, 0.15) is 0 Å². The van der Waals surface area contributed by atoms with E-state index in [0.29, 0.717) is 0 Å². The summed E-state index contributed by atoms with van der Waals surface area (Å²) in [4.78, 5) is 0. The molecule has 0 heterocycles. The van der Waals surface area contributed by atoms with E-state index in [1.807, 2.05) is 18.2 Å². The minimum Gasteiger partial charge on any atom is -0.317 e. The first-order valence-corrected chi connectivity index (χ1v) is 6.64. The molecule has 1 aromatic carbocycles. The second kappa shape index (κ2) is 7.94. The third kappa shape index (κ3) is 5.20. The van der Waals surface area contributed by atoms with E-state index in [9.17, 15) is 0 Å². The van der Waals surface area contributed by atoms with Gasteiger partial charge in [0.25, 0.3) is 0 Å². The van der Waals surface area contributed by atoms with E-state index in [4.69, 9.17) is 23.2 Å². The molecule has 0 bridgehead atoms. The summed E-state index contributed by atoms with van der Waals surface area (Å²) >= 11 is 12.0. The number of nitrogens with one attached hydrogen (secondary N) is 1. The van der Waals surface area contributed by atoms with Crippen molar-refractivity contribution < 1.29 is 0 Å². The van der Waals surface area contributed by atoms with Gasteiger partial charge in [-0.1, -0.05) is 36.5 Å². The molecule has 0 unspecified atom stereocenters. The molecule has 0 aliphatic heterocycles. The number of benzene rings is 1. The molecule has 0 saturated heterocycles. The molecule has 0 aliphatic carbocycles. The predicted molar refractivity (Wildman–Crippen MR) is 72.6 cm³/mol. The average molecular weight is 260 g/mol. The molecule has 90 valence electrons. The highest BCUT2D eigenvalue weighted by molar-refractivity contribution is 6.33.